The zero-order valence-corrected chi connectivity index (χ0v) is 12.2. The van der Waals surface area contributed by atoms with Crippen molar-refractivity contribution in [2.75, 3.05) is 0 Å². The van der Waals surface area contributed by atoms with Crippen LogP contribution in [0.3, 0.4) is 0 Å². The largest absolute Gasteiger partial charge is 0.387 e. The van der Waals surface area contributed by atoms with E-state index in [9.17, 15) is 5.11 Å². The average Bonchev–Trinajstić information content (AvgIpc) is 2.47. The van der Waals surface area contributed by atoms with Crippen molar-refractivity contribution in [3.63, 3.8) is 0 Å². The first-order chi connectivity index (χ1) is 9.22. The van der Waals surface area contributed by atoms with Gasteiger partial charge in [0.25, 0.3) is 0 Å². The normalized spacial score (nSPS) is 26.9. The monoisotopic (exact) mass is 261 g/mol. The van der Waals surface area contributed by atoms with Crippen LogP contribution in [-0.2, 0) is 0 Å². The maximum Gasteiger partial charge on any atom is 0.0942 e. The lowest BCUT2D eigenvalue weighted by Crippen LogP contribution is -2.45. The van der Waals surface area contributed by atoms with Crippen LogP contribution < -0.4 is 5.32 Å². The topological polar surface area (TPSA) is 32.3 Å². The molecule has 0 amide bonds. The second-order valence-electron chi connectivity index (χ2n) is 5.91. The quantitative estimate of drug-likeness (QED) is 0.847. The lowest BCUT2D eigenvalue weighted by molar-refractivity contribution is 0.107. The summed E-state index contributed by atoms with van der Waals surface area (Å²) in [6.45, 7) is 4.48. The zero-order valence-electron chi connectivity index (χ0n) is 12.2. The Morgan fingerprint density at radius 3 is 2.53 bits per heavy atom. The Labute approximate surface area is 117 Å². The van der Waals surface area contributed by atoms with Crippen LogP contribution in [0.2, 0.25) is 0 Å². The molecule has 1 aromatic carbocycles. The maximum atomic E-state index is 10.5. The van der Waals surface area contributed by atoms with Gasteiger partial charge in [-0.2, -0.15) is 0 Å². The molecule has 4 atom stereocenters. The van der Waals surface area contributed by atoms with Gasteiger partial charge in [0, 0.05) is 12.1 Å². The van der Waals surface area contributed by atoms with E-state index < -0.39 is 6.10 Å². The van der Waals surface area contributed by atoms with E-state index in [-0.39, 0.29) is 6.04 Å². The molecule has 2 heteroatoms. The molecule has 0 spiro atoms. The average molecular weight is 261 g/mol. The van der Waals surface area contributed by atoms with Gasteiger partial charge in [0.05, 0.1) is 6.10 Å². The van der Waals surface area contributed by atoms with Crippen molar-refractivity contribution in [3.8, 4) is 0 Å². The molecule has 0 bridgehead atoms. The van der Waals surface area contributed by atoms with Crippen molar-refractivity contribution in [1.29, 1.82) is 0 Å². The molecule has 1 saturated carbocycles. The molecule has 0 saturated heterocycles. The first kappa shape index (κ1) is 14.5. The molecule has 1 aromatic rings. The Morgan fingerprint density at radius 1 is 1.21 bits per heavy atom. The van der Waals surface area contributed by atoms with Gasteiger partial charge in [-0.05, 0) is 30.7 Å². The third-order valence-corrected chi connectivity index (χ3v) is 4.50. The van der Waals surface area contributed by atoms with Crippen LogP contribution in [0.15, 0.2) is 30.3 Å². The Kier molecular flexibility index (Phi) is 5.41. The van der Waals surface area contributed by atoms with Crippen LogP contribution in [0.4, 0.5) is 0 Å². The number of benzene rings is 1. The summed E-state index contributed by atoms with van der Waals surface area (Å²) in [4.78, 5) is 0. The fourth-order valence-electron chi connectivity index (χ4n) is 3.15. The van der Waals surface area contributed by atoms with Crippen LogP contribution in [-0.4, -0.2) is 17.2 Å². The summed E-state index contributed by atoms with van der Waals surface area (Å²) in [5, 5.41) is 14.2. The van der Waals surface area contributed by atoms with E-state index in [1.165, 1.54) is 25.7 Å². The molecule has 2 N–H and O–H groups in total. The standard InChI is InChI=1S/C17H27NO/c1-3-15(17(19)14-10-5-4-6-11-14)18-16-12-8-7-9-13(16)2/h4-6,10-11,13,15-19H,3,7-9,12H2,1-2H3. The van der Waals surface area contributed by atoms with Gasteiger partial charge in [0.1, 0.15) is 0 Å². The van der Waals surface area contributed by atoms with E-state index in [0.717, 1.165) is 17.9 Å². The molecule has 0 heterocycles. The smallest absolute Gasteiger partial charge is 0.0942 e. The minimum Gasteiger partial charge on any atom is -0.387 e. The summed E-state index contributed by atoms with van der Waals surface area (Å²) in [5.41, 5.74) is 1.02. The highest BCUT2D eigenvalue weighted by atomic mass is 16.3. The molecule has 0 radical (unpaired) electrons. The van der Waals surface area contributed by atoms with Gasteiger partial charge in [-0.3, -0.25) is 0 Å². The number of hydrogen-bond donors (Lipinski definition) is 2. The molecule has 0 aromatic heterocycles. The highest BCUT2D eigenvalue weighted by Crippen LogP contribution is 2.26. The molecule has 1 aliphatic carbocycles. The van der Waals surface area contributed by atoms with E-state index in [4.69, 9.17) is 0 Å². The second kappa shape index (κ2) is 7.06. The molecular weight excluding hydrogens is 234 g/mol. The van der Waals surface area contributed by atoms with E-state index in [2.05, 4.69) is 19.2 Å². The fraction of sp³-hybridized carbons (Fsp3) is 0.647. The third-order valence-electron chi connectivity index (χ3n) is 4.50. The van der Waals surface area contributed by atoms with Crippen LogP contribution in [0.25, 0.3) is 0 Å². The van der Waals surface area contributed by atoms with E-state index in [1.54, 1.807) is 0 Å². The third kappa shape index (κ3) is 3.80. The summed E-state index contributed by atoms with van der Waals surface area (Å²) in [5.74, 6) is 0.728. The van der Waals surface area contributed by atoms with E-state index in [1.807, 2.05) is 30.3 Å². The highest BCUT2D eigenvalue weighted by molar-refractivity contribution is 5.18. The van der Waals surface area contributed by atoms with Gasteiger partial charge >= 0.3 is 0 Å². The van der Waals surface area contributed by atoms with Gasteiger partial charge in [-0.1, -0.05) is 57.0 Å². The molecule has 0 aliphatic heterocycles. The molecular formula is C17H27NO. The fourth-order valence-corrected chi connectivity index (χ4v) is 3.15. The molecule has 19 heavy (non-hydrogen) atoms. The Morgan fingerprint density at radius 2 is 1.89 bits per heavy atom. The Bertz CT molecular complexity index is 365. The number of nitrogens with one attached hydrogen (secondary N) is 1. The molecule has 4 unspecified atom stereocenters. The van der Waals surface area contributed by atoms with Crippen LogP contribution in [0, 0.1) is 5.92 Å². The highest BCUT2D eigenvalue weighted by Gasteiger charge is 2.26. The summed E-state index contributed by atoms with van der Waals surface area (Å²) < 4.78 is 0. The zero-order chi connectivity index (χ0) is 13.7. The number of aliphatic hydroxyl groups is 1. The van der Waals surface area contributed by atoms with Crippen molar-refractivity contribution in [2.24, 2.45) is 5.92 Å². The van der Waals surface area contributed by atoms with E-state index in [0.29, 0.717) is 6.04 Å². The SMILES string of the molecule is CCC(NC1CCCCC1C)C(O)c1ccccc1. The molecule has 2 rings (SSSR count). The van der Waals surface area contributed by atoms with Crippen molar-refractivity contribution < 1.29 is 5.11 Å². The minimum absolute atomic E-state index is 0.160. The first-order valence-electron chi connectivity index (χ1n) is 7.71. The van der Waals surface area contributed by atoms with Gasteiger partial charge in [0.2, 0.25) is 0 Å². The van der Waals surface area contributed by atoms with Crippen LogP contribution in [0.5, 0.6) is 0 Å². The molecule has 106 valence electrons. The second-order valence-corrected chi connectivity index (χ2v) is 5.91. The van der Waals surface area contributed by atoms with Crippen molar-refractivity contribution in [1.82, 2.24) is 5.32 Å². The Balaban J connectivity index is 1.99. The van der Waals surface area contributed by atoms with Gasteiger partial charge < -0.3 is 10.4 Å². The summed E-state index contributed by atoms with van der Waals surface area (Å²) in [7, 11) is 0. The summed E-state index contributed by atoms with van der Waals surface area (Å²) in [6.07, 6.45) is 5.80. The van der Waals surface area contributed by atoms with Crippen molar-refractivity contribution in [3.05, 3.63) is 35.9 Å². The van der Waals surface area contributed by atoms with Gasteiger partial charge in [-0.15, -0.1) is 0 Å². The molecule has 1 fully saturated rings. The van der Waals surface area contributed by atoms with Gasteiger partial charge in [0.15, 0.2) is 0 Å². The lowest BCUT2D eigenvalue weighted by atomic mass is 9.85. The van der Waals surface area contributed by atoms with Crippen LogP contribution in [0.1, 0.15) is 57.6 Å². The van der Waals surface area contributed by atoms with Gasteiger partial charge in [-0.25, -0.2) is 0 Å². The minimum atomic E-state index is -0.402. The van der Waals surface area contributed by atoms with E-state index >= 15 is 0 Å². The predicted octanol–water partition coefficient (Wildman–Crippen LogP) is 3.67. The predicted molar refractivity (Wildman–Crippen MR) is 80.0 cm³/mol. The lowest BCUT2D eigenvalue weighted by Gasteiger charge is -2.35. The number of rotatable bonds is 5. The van der Waals surface area contributed by atoms with Crippen molar-refractivity contribution in [2.45, 2.75) is 64.1 Å². The summed E-state index contributed by atoms with van der Waals surface area (Å²) >= 11 is 0. The van der Waals surface area contributed by atoms with Crippen molar-refractivity contribution >= 4 is 0 Å². The first-order valence-corrected chi connectivity index (χ1v) is 7.71. The molecule has 1 aliphatic rings. The summed E-state index contributed by atoms with van der Waals surface area (Å²) in [6, 6.07) is 10.7. The Hall–Kier alpha value is -0.860. The maximum absolute atomic E-state index is 10.5. The van der Waals surface area contributed by atoms with Crippen LogP contribution >= 0.6 is 0 Å². The number of aliphatic hydroxyl groups excluding tert-OH is 1. The molecule has 2 nitrogen and oxygen atoms in total. The number of hydrogen-bond acceptors (Lipinski definition) is 2.